The van der Waals surface area contributed by atoms with E-state index in [4.69, 9.17) is 4.74 Å². The lowest BCUT2D eigenvalue weighted by Gasteiger charge is -2.18. The second kappa shape index (κ2) is 7.33. The molecule has 146 valence electrons. The number of benzene rings is 1. The van der Waals surface area contributed by atoms with Crippen LogP contribution >= 0.6 is 0 Å². The SMILES string of the molecule is CCOC(=O)c1c(C(F)(F)F)[nH]c(C(F)(F)F)c(Oc2ccccc2)c1=O. The van der Waals surface area contributed by atoms with E-state index in [1.807, 2.05) is 0 Å². The fraction of sp³-hybridized carbons (Fsp3) is 0.250. The molecular formula is C16H11F6NO4. The second-order valence-electron chi connectivity index (χ2n) is 5.04. The largest absolute Gasteiger partial charge is 0.462 e. The van der Waals surface area contributed by atoms with Gasteiger partial charge in [-0.15, -0.1) is 0 Å². The highest BCUT2D eigenvalue weighted by molar-refractivity contribution is 5.91. The number of nitrogens with one attached hydrogen (secondary N) is 1. The van der Waals surface area contributed by atoms with Crippen LogP contribution in [0, 0.1) is 0 Å². The zero-order valence-corrected chi connectivity index (χ0v) is 13.5. The molecule has 27 heavy (non-hydrogen) atoms. The number of rotatable bonds is 4. The minimum atomic E-state index is -5.45. The average molecular weight is 395 g/mol. The Labute approximate surface area is 147 Å². The minimum absolute atomic E-state index is 0.247. The lowest BCUT2D eigenvalue weighted by atomic mass is 10.1. The van der Waals surface area contributed by atoms with Crippen LogP contribution in [0.25, 0.3) is 0 Å². The minimum Gasteiger partial charge on any atom is -0.462 e. The maximum atomic E-state index is 13.2. The maximum absolute atomic E-state index is 13.2. The van der Waals surface area contributed by atoms with Gasteiger partial charge in [-0.2, -0.15) is 26.3 Å². The van der Waals surface area contributed by atoms with Gasteiger partial charge in [0.2, 0.25) is 11.2 Å². The third kappa shape index (κ3) is 4.41. The number of H-pyrrole nitrogens is 1. The Balaban J connectivity index is 2.83. The van der Waals surface area contributed by atoms with E-state index in [1.54, 1.807) is 0 Å². The summed E-state index contributed by atoms with van der Waals surface area (Å²) in [5.74, 6) is -3.47. The quantitative estimate of drug-likeness (QED) is 0.616. The zero-order chi connectivity index (χ0) is 20.4. The Morgan fingerprint density at radius 1 is 1.00 bits per heavy atom. The van der Waals surface area contributed by atoms with Crippen LogP contribution in [-0.4, -0.2) is 17.6 Å². The number of halogens is 6. The van der Waals surface area contributed by atoms with Crippen LogP contribution in [0.15, 0.2) is 35.1 Å². The van der Waals surface area contributed by atoms with Gasteiger partial charge in [-0.25, -0.2) is 4.79 Å². The number of hydrogen-bond donors (Lipinski definition) is 1. The fourth-order valence-electron chi connectivity index (χ4n) is 2.10. The van der Waals surface area contributed by atoms with E-state index in [0.29, 0.717) is 0 Å². The van der Waals surface area contributed by atoms with Gasteiger partial charge in [0.1, 0.15) is 17.0 Å². The van der Waals surface area contributed by atoms with E-state index >= 15 is 0 Å². The molecule has 2 rings (SSSR count). The molecule has 0 aliphatic carbocycles. The van der Waals surface area contributed by atoms with Gasteiger partial charge in [0.05, 0.1) is 6.61 Å². The van der Waals surface area contributed by atoms with Gasteiger partial charge in [-0.1, -0.05) is 18.2 Å². The number of ether oxygens (including phenoxy) is 2. The van der Waals surface area contributed by atoms with Crippen LogP contribution in [0.5, 0.6) is 11.5 Å². The molecule has 0 spiro atoms. The maximum Gasteiger partial charge on any atom is 0.435 e. The monoisotopic (exact) mass is 395 g/mol. The molecule has 1 aromatic carbocycles. The molecule has 2 aromatic rings. The van der Waals surface area contributed by atoms with Crippen molar-refractivity contribution in [3.8, 4) is 11.5 Å². The summed E-state index contributed by atoms with van der Waals surface area (Å²) in [5, 5.41) is 0. The Morgan fingerprint density at radius 2 is 1.56 bits per heavy atom. The van der Waals surface area contributed by atoms with Gasteiger partial charge in [-0.3, -0.25) is 4.79 Å². The van der Waals surface area contributed by atoms with E-state index in [9.17, 15) is 35.9 Å². The first kappa shape index (κ1) is 20.3. The van der Waals surface area contributed by atoms with Crippen LogP contribution in [0.2, 0.25) is 0 Å². The molecule has 1 N–H and O–H groups in total. The van der Waals surface area contributed by atoms with Gasteiger partial charge in [-0.05, 0) is 19.1 Å². The summed E-state index contributed by atoms with van der Waals surface area (Å²) in [6.45, 7) is 0.857. The topological polar surface area (TPSA) is 68.4 Å². The number of esters is 1. The van der Waals surface area contributed by atoms with Gasteiger partial charge in [0.15, 0.2) is 5.69 Å². The van der Waals surface area contributed by atoms with Gasteiger partial charge >= 0.3 is 18.3 Å². The molecule has 0 aliphatic heterocycles. The number of hydrogen-bond acceptors (Lipinski definition) is 4. The van der Waals surface area contributed by atoms with E-state index in [2.05, 4.69) is 4.74 Å². The molecule has 11 heteroatoms. The first-order chi connectivity index (χ1) is 12.5. The van der Waals surface area contributed by atoms with Crippen LogP contribution in [-0.2, 0) is 17.1 Å². The van der Waals surface area contributed by atoms with E-state index in [-0.39, 0.29) is 5.75 Å². The van der Waals surface area contributed by atoms with Crippen LogP contribution < -0.4 is 10.2 Å². The molecule has 0 aliphatic rings. The van der Waals surface area contributed by atoms with Crippen molar-refractivity contribution >= 4 is 5.97 Å². The number of pyridine rings is 1. The predicted octanol–water partition coefficient (Wildman–Crippen LogP) is 4.38. The molecule has 0 saturated carbocycles. The van der Waals surface area contributed by atoms with Gasteiger partial charge in [0, 0.05) is 0 Å². The van der Waals surface area contributed by atoms with Gasteiger partial charge < -0.3 is 14.5 Å². The number of carbonyl (C=O) groups is 1. The van der Waals surface area contributed by atoms with E-state index in [1.165, 1.54) is 37.3 Å². The normalized spacial score (nSPS) is 12.0. The van der Waals surface area contributed by atoms with Crippen LogP contribution in [0.4, 0.5) is 26.3 Å². The van der Waals surface area contributed by atoms with Crippen molar-refractivity contribution in [2.75, 3.05) is 6.61 Å². The summed E-state index contributed by atoms with van der Waals surface area (Å²) >= 11 is 0. The smallest absolute Gasteiger partial charge is 0.435 e. The standard InChI is InChI=1S/C16H11F6NO4/c1-2-26-14(25)9-10(24)11(27-8-6-4-3-5-7-8)13(16(20,21)22)23-12(9)15(17,18)19/h3-7H,2H2,1H3,(H,23,24). The molecule has 0 amide bonds. The highest BCUT2D eigenvalue weighted by atomic mass is 19.4. The Morgan fingerprint density at radius 3 is 2.04 bits per heavy atom. The fourth-order valence-corrected chi connectivity index (χ4v) is 2.10. The van der Waals surface area contributed by atoms with Crippen molar-refractivity contribution in [2.45, 2.75) is 19.3 Å². The number of alkyl halides is 6. The molecule has 1 aromatic heterocycles. The van der Waals surface area contributed by atoms with Crippen molar-refractivity contribution < 1.29 is 40.6 Å². The first-order valence-electron chi connectivity index (χ1n) is 7.31. The van der Waals surface area contributed by atoms with Crippen molar-refractivity contribution in [3.05, 3.63) is 57.5 Å². The molecule has 5 nitrogen and oxygen atoms in total. The van der Waals surface area contributed by atoms with Gasteiger partial charge in [0.25, 0.3) is 0 Å². The molecule has 1 heterocycles. The van der Waals surface area contributed by atoms with Crippen LogP contribution in [0.1, 0.15) is 28.7 Å². The molecular weight excluding hydrogens is 384 g/mol. The lowest BCUT2D eigenvalue weighted by molar-refractivity contribution is -0.151. The number of para-hydroxylation sites is 1. The molecule has 0 atom stereocenters. The highest BCUT2D eigenvalue weighted by Crippen LogP contribution is 2.39. The summed E-state index contributed by atoms with van der Waals surface area (Å²) in [7, 11) is 0. The number of aromatic amines is 1. The average Bonchev–Trinajstić information content (AvgIpc) is 2.55. The molecule has 0 unspecified atom stereocenters. The van der Waals surface area contributed by atoms with Crippen molar-refractivity contribution in [3.63, 3.8) is 0 Å². The Bertz CT molecular complexity index is 887. The van der Waals surface area contributed by atoms with Crippen molar-refractivity contribution in [1.29, 1.82) is 0 Å². The van der Waals surface area contributed by atoms with Crippen molar-refractivity contribution in [2.24, 2.45) is 0 Å². The first-order valence-corrected chi connectivity index (χ1v) is 7.31. The molecule has 0 radical (unpaired) electrons. The number of aromatic nitrogens is 1. The summed E-state index contributed by atoms with van der Waals surface area (Å²) in [4.78, 5) is 25.3. The summed E-state index contributed by atoms with van der Waals surface area (Å²) in [6, 6.07) is 6.60. The van der Waals surface area contributed by atoms with Crippen LogP contribution in [0.3, 0.4) is 0 Å². The van der Waals surface area contributed by atoms with E-state index in [0.717, 1.165) is 4.98 Å². The number of carbonyl (C=O) groups excluding carboxylic acids is 1. The molecule has 0 fully saturated rings. The third-order valence-corrected chi connectivity index (χ3v) is 3.17. The molecule has 0 saturated heterocycles. The Kier molecular flexibility index (Phi) is 5.52. The summed E-state index contributed by atoms with van der Waals surface area (Å²) in [6.07, 6.45) is -10.8. The van der Waals surface area contributed by atoms with E-state index < -0.39 is 53.1 Å². The molecule has 0 bridgehead atoms. The lowest BCUT2D eigenvalue weighted by Crippen LogP contribution is -2.30. The second-order valence-corrected chi connectivity index (χ2v) is 5.04. The summed E-state index contributed by atoms with van der Waals surface area (Å²) in [5.41, 5.74) is -7.76. The predicted molar refractivity (Wildman–Crippen MR) is 79.5 cm³/mol. The third-order valence-electron chi connectivity index (χ3n) is 3.17. The van der Waals surface area contributed by atoms with Crippen molar-refractivity contribution in [1.82, 2.24) is 4.98 Å². The summed E-state index contributed by atoms with van der Waals surface area (Å²) < 4.78 is 88.5. The zero-order valence-electron chi connectivity index (χ0n) is 13.5. The highest BCUT2D eigenvalue weighted by Gasteiger charge is 2.45. The Hall–Kier alpha value is -2.98.